The molecule has 1 aliphatic rings. The summed E-state index contributed by atoms with van der Waals surface area (Å²) in [5.74, 6) is 0.621. The smallest absolute Gasteiger partial charge is 0.226 e. The Labute approximate surface area is 111 Å². The van der Waals surface area contributed by atoms with Crippen molar-refractivity contribution in [2.45, 2.75) is 45.1 Å². The second-order valence-corrected chi connectivity index (χ2v) is 5.25. The van der Waals surface area contributed by atoms with Crippen LogP contribution in [-0.4, -0.2) is 21.3 Å². The third-order valence-corrected chi connectivity index (χ3v) is 3.68. The lowest BCUT2D eigenvalue weighted by atomic mass is 9.98. The highest BCUT2D eigenvalue weighted by Crippen LogP contribution is 2.30. The van der Waals surface area contributed by atoms with Crippen molar-refractivity contribution in [2.24, 2.45) is 0 Å². The molecule has 2 aromatic heterocycles. The Kier molecular flexibility index (Phi) is 3.12. The van der Waals surface area contributed by atoms with Crippen LogP contribution < -0.4 is 4.74 Å². The van der Waals surface area contributed by atoms with Crippen LogP contribution in [-0.2, 0) is 0 Å². The molecule has 0 aromatic carbocycles. The van der Waals surface area contributed by atoms with Crippen molar-refractivity contribution >= 4 is 22.5 Å². The molecule has 0 unspecified atom stereocenters. The van der Waals surface area contributed by atoms with Gasteiger partial charge in [0, 0.05) is 6.07 Å². The number of halogens is 1. The fourth-order valence-corrected chi connectivity index (χ4v) is 2.74. The number of H-pyrrole nitrogens is 1. The van der Waals surface area contributed by atoms with Gasteiger partial charge in [0.2, 0.25) is 5.88 Å². The van der Waals surface area contributed by atoms with Crippen molar-refractivity contribution < 1.29 is 4.74 Å². The zero-order chi connectivity index (χ0) is 12.5. The van der Waals surface area contributed by atoms with Gasteiger partial charge < -0.3 is 4.74 Å². The minimum Gasteiger partial charge on any atom is -0.474 e. The first-order valence-electron chi connectivity index (χ1n) is 6.42. The molecule has 4 nitrogen and oxygen atoms in total. The predicted molar refractivity (Wildman–Crippen MR) is 71.1 cm³/mol. The van der Waals surface area contributed by atoms with Crippen molar-refractivity contribution in [3.8, 4) is 5.88 Å². The molecule has 96 valence electrons. The highest BCUT2D eigenvalue weighted by atomic mass is 35.5. The van der Waals surface area contributed by atoms with Gasteiger partial charge in [-0.2, -0.15) is 5.10 Å². The Balaban J connectivity index is 1.96. The molecule has 0 bridgehead atoms. The monoisotopic (exact) mass is 265 g/mol. The lowest BCUT2D eigenvalue weighted by molar-refractivity contribution is 0.151. The number of fused-ring (bicyclic) bond motifs is 1. The predicted octanol–water partition coefficient (Wildman–Crippen LogP) is 3.63. The molecule has 2 aromatic rings. The van der Waals surface area contributed by atoms with E-state index in [9.17, 15) is 0 Å². The molecular formula is C13H16ClN3O. The number of aromatic nitrogens is 3. The summed E-state index contributed by atoms with van der Waals surface area (Å²) in [5.41, 5.74) is 1.79. The molecule has 0 aliphatic heterocycles. The van der Waals surface area contributed by atoms with Gasteiger partial charge in [0.25, 0.3) is 0 Å². The first kappa shape index (κ1) is 11.8. The van der Waals surface area contributed by atoms with Crippen LogP contribution in [0.3, 0.4) is 0 Å². The van der Waals surface area contributed by atoms with E-state index in [1.54, 1.807) is 6.07 Å². The van der Waals surface area contributed by atoms with Crippen LogP contribution in [0.5, 0.6) is 5.88 Å². The van der Waals surface area contributed by atoms with E-state index in [1.807, 2.05) is 6.92 Å². The molecule has 1 fully saturated rings. The molecule has 1 N–H and O–H groups in total. The molecule has 18 heavy (non-hydrogen) atoms. The van der Waals surface area contributed by atoms with Gasteiger partial charge in [0.15, 0.2) is 0 Å². The third-order valence-electron chi connectivity index (χ3n) is 3.49. The van der Waals surface area contributed by atoms with Crippen molar-refractivity contribution in [1.29, 1.82) is 0 Å². The molecule has 0 spiro atoms. The Morgan fingerprint density at radius 1 is 1.33 bits per heavy atom. The fourth-order valence-electron chi connectivity index (χ4n) is 2.56. The van der Waals surface area contributed by atoms with Crippen molar-refractivity contribution in [3.05, 3.63) is 16.9 Å². The van der Waals surface area contributed by atoms with Crippen LogP contribution in [0.15, 0.2) is 6.07 Å². The van der Waals surface area contributed by atoms with E-state index in [4.69, 9.17) is 16.3 Å². The summed E-state index contributed by atoms with van der Waals surface area (Å²) in [5, 5.41) is 8.53. The summed E-state index contributed by atoms with van der Waals surface area (Å²) in [7, 11) is 0. The maximum absolute atomic E-state index is 6.03. The lowest BCUT2D eigenvalue weighted by Crippen LogP contribution is -2.20. The van der Waals surface area contributed by atoms with Gasteiger partial charge in [-0.15, -0.1) is 0 Å². The fraction of sp³-hybridized carbons (Fsp3) is 0.538. The molecule has 1 aliphatic carbocycles. The Morgan fingerprint density at radius 3 is 2.89 bits per heavy atom. The lowest BCUT2D eigenvalue weighted by Gasteiger charge is -2.22. The number of nitrogens with zero attached hydrogens (tertiary/aromatic N) is 2. The van der Waals surface area contributed by atoms with Crippen LogP contribution in [0.1, 0.15) is 37.8 Å². The minimum absolute atomic E-state index is 0.266. The molecule has 0 atom stereocenters. The van der Waals surface area contributed by atoms with Gasteiger partial charge >= 0.3 is 0 Å². The first-order chi connectivity index (χ1) is 8.74. The average molecular weight is 266 g/mol. The van der Waals surface area contributed by atoms with E-state index in [0.29, 0.717) is 11.0 Å². The van der Waals surface area contributed by atoms with Crippen LogP contribution in [0.2, 0.25) is 5.15 Å². The minimum atomic E-state index is 0.266. The Bertz CT molecular complexity index is 561. The number of aromatic amines is 1. The summed E-state index contributed by atoms with van der Waals surface area (Å²) >= 11 is 6.01. The van der Waals surface area contributed by atoms with E-state index in [-0.39, 0.29) is 6.10 Å². The summed E-state index contributed by atoms with van der Waals surface area (Å²) in [6.07, 6.45) is 6.25. The molecule has 0 radical (unpaired) electrons. The normalized spacial score (nSPS) is 17.2. The van der Waals surface area contributed by atoms with Gasteiger partial charge in [-0.05, 0) is 32.6 Å². The van der Waals surface area contributed by atoms with Crippen molar-refractivity contribution in [2.75, 3.05) is 0 Å². The molecule has 3 rings (SSSR count). The standard InChI is InChI=1S/C13H16ClN3O/c1-8-12-10(17-16-8)7-11(14)15-13(12)18-9-5-3-2-4-6-9/h7,9H,2-6H2,1H3,(H,16,17). The highest BCUT2D eigenvalue weighted by Gasteiger charge is 2.19. The summed E-state index contributed by atoms with van der Waals surface area (Å²) in [6.45, 7) is 1.95. The third kappa shape index (κ3) is 2.17. The number of nitrogens with one attached hydrogen (secondary N) is 1. The Hall–Kier alpha value is -1.29. The first-order valence-corrected chi connectivity index (χ1v) is 6.80. The van der Waals surface area contributed by atoms with Crippen LogP contribution in [0.25, 0.3) is 10.9 Å². The van der Waals surface area contributed by atoms with Gasteiger partial charge in [0.1, 0.15) is 11.3 Å². The topological polar surface area (TPSA) is 50.8 Å². The quantitative estimate of drug-likeness (QED) is 0.844. The zero-order valence-electron chi connectivity index (χ0n) is 10.4. The number of rotatable bonds is 2. The molecule has 2 heterocycles. The Morgan fingerprint density at radius 2 is 2.11 bits per heavy atom. The highest BCUT2D eigenvalue weighted by molar-refractivity contribution is 6.30. The number of ether oxygens (including phenoxy) is 1. The van der Waals surface area contributed by atoms with Crippen LogP contribution >= 0.6 is 11.6 Å². The van der Waals surface area contributed by atoms with E-state index >= 15 is 0 Å². The maximum atomic E-state index is 6.03. The molecule has 0 amide bonds. The second-order valence-electron chi connectivity index (χ2n) is 4.86. The van der Waals surface area contributed by atoms with E-state index in [0.717, 1.165) is 29.4 Å². The molecule has 1 saturated carbocycles. The van der Waals surface area contributed by atoms with Crippen molar-refractivity contribution in [3.63, 3.8) is 0 Å². The number of hydrogen-bond donors (Lipinski definition) is 1. The summed E-state index contributed by atoms with van der Waals surface area (Å²) in [6, 6.07) is 1.78. The maximum Gasteiger partial charge on any atom is 0.226 e. The van der Waals surface area contributed by atoms with Gasteiger partial charge in [-0.1, -0.05) is 18.0 Å². The van der Waals surface area contributed by atoms with Crippen LogP contribution in [0.4, 0.5) is 0 Å². The van der Waals surface area contributed by atoms with Gasteiger partial charge in [-0.25, -0.2) is 4.98 Å². The molecule has 5 heteroatoms. The average Bonchev–Trinajstić information content (AvgIpc) is 2.72. The summed E-state index contributed by atoms with van der Waals surface area (Å²) < 4.78 is 6.03. The van der Waals surface area contributed by atoms with Gasteiger partial charge in [0.05, 0.1) is 16.6 Å². The zero-order valence-corrected chi connectivity index (χ0v) is 11.1. The van der Waals surface area contributed by atoms with E-state index in [1.165, 1.54) is 19.3 Å². The SMILES string of the molecule is Cc1n[nH]c2cc(Cl)nc(OC3CCCCC3)c12. The molecule has 0 saturated heterocycles. The molecular weight excluding hydrogens is 250 g/mol. The van der Waals surface area contributed by atoms with E-state index in [2.05, 4.69) is 15.2 Å². The number of pyridine rings is 1. The largest absolute Gasteiger partial charge is 0.474 e. The number of aryl methyl sites for hydroxylation is 1. The second kappa shape index (κ2) is 4.76. The summed E-state index contributed by atoms with van der Waals surface area (Å²) in [4.78, 5) is 4.31. The van der Waals surface area contributed by atoms with Crippen LogP contribution in [0, 0.1) is 6.92 Å². The van der Waals surface area contributed by atoms with Gasteiger partial charge in [-0.3, -0.25) is 5.10 Å². The van der Waals surface area contributed by atoms with Crippen molar-refractivity contribution in [1.82, 2.24) is 15.2 Å². The van der Waals surface area contributed by atoms with E-state index < -0.39 is 0 Å². The number of hydrogen-bond acceptors (Lipinski definition) is 3.